The molecule has 0 saturated carbocycles. The van der Waals surface area contributed by atoms with E-state index < -0.39 is 23.6 Å². The summed E-state index contributed by atoms with van der Waals surface area (Å²) >= 11 is 0. The van der Waals surface area contributed by atoms with E-state index in [2.05, 4.69) is 10.3 Å². The second kappa shape index (κ2) is 6.80. The first-order valence-electron chi connectivity index (χ1n) is 7.49. The summed E-state index contributed by atoms with van der Waals surface area (Å²) < 4.78 is 27.1. The Kier molecular flexibility index (Phi) is 4.57. The molecule has 0 spiro atoms. The van der Waals surface area contributed by atoms with Crippen molar-refractivity contribution in [3.05, 3.63) is 71.4 Å². The number of fused-ring (bicyclic) bond motifs is 1. The van der Waals surface area contributed by atoms with Gasteiger partial charge < -0.3 is 15.4 Å². The number of benzene rings is 2. The summed E-state index contributed by atoms with van der Waals surface area (Å²) in [4.78, 5) is 14.2. The van der Waals surface area contributed by atoms with E-state index in [1.807, 2.05) is 30.5 Å². The number of nitrogens with one attached hydrogen (secondary N) is 2. The normalized spacial score (nSPS) is 12.4. The molecule has 0 aliphatic heterocycles. The van der Waals surface area contributed by atoms with Gasteiger partial charge in [-0.3, -0.25) is 4.79 Å². The number of halogens is 2. The van der Waals surface area contributed by atoms with Crippen LogP contribution in [0.5, 0.6) is 0 Å². The predicted molar refractivity (Wildman–Crippen MR) is 86.5 cm³/mol. The number of aliphatic carboxylic acids is 1. The molecule has 24 heavy (non-hydrogen) atoms. The van der Waals surface area contributed by atoms with Crippen LogP contribution in [0.15, 0.2) is 48.7 Å². The number of hydrogen-bond donors (Lipinski definition) is 3. The van der Waals surface area contributed by atoms with Gasteiger partial charge in [0.05, 0.1) is 6.42 Å². The van der Waals surface area contributed by atoms with Gasteiger partial charge >= 0.3 is 5.97 Å². The van der Waals surface area contributed by atoms with Crippen LogP contribution in [0.1, 0.15) is 23.6 Å². The highest BCUT2D eigenvalue weighted by atomic mass is 19.1. The zero-order chi connectivity index (χ0) is 17.1. The summed E-state index contributed by atoms with van der Waals surface area (Å²) in [6.07, 6.45) is 1.52. The molecule has 3 N–H and O–H groups in total. The van der Waals surface area contributed by atoms with E-state index in [9.17, 15) is 13.6 Å². The van der Waals surface area contributed by atoms with Crippen molar-refractivity contribution < 1.29 is 18.7 Å². The summed E-state index contributed by atoms with van der Waals surface area (Å²) in [5.41, 5.74) is 2.07. The van der Waals surface area contributed by atoms with Gasteiger partial charge in [-0.25, -0.2) is 8.78 Å². The van der Waals surface area contributed by atoms with Gasteiger partial charge in [0.1, 0.15) is 11.6 Å². The first kappa shape index (κ1) is 16.1. The van der Waals surface area contributed by atoms with Crippen LogP contribution >= 0.6 is 0 Å². The lowest BCUT2D eigenvalue weighted by Crippen LogP contribution is -2.24. The molecule has 4 nitrogen and oxygen atoms in total. The molecular weight excluding hydrogens is 314 g/mol. The molecule has 1 unspecified atom stereocenters. The third kappa shape index (κ3) is 3.44. The Morgan fingerprint density at radius 2 is 2.04 bits per heavy atom. The standard InChI is InChI=1S/C18H16F2N2O2/c19-12-4-5-14(15(20)8-12)17(9-18(23)24)22-10-11-2-1-3-16-13(11)6-7-21-16/h1-8,17,21-22H,9-10H2,(H,23,24). The van der Waals surface area contributed by atoms with E-state index in [-0.39, 0.29) is 12.0 Å². The molecular formula is C18H16F2N2O2. The molecule has 1 atom stereocenters. The third-order valence-electron chi connectivity index (χ3n) is 3.94. The highest BCUT2D eigenvalue weighted by Gasteiger charge is 2.19. The average Bonchev–Trinajstić information content (AvgIpc) is 3.00. The molecule has 2 aromatic carbocycles. The predicted octanol–water partition coefficient (Wildman–Crippen LogP) is 3.75. The number of rotatable bonds is 6. The van der Waals surface area contributed by atoms with E-state index in [1.54, 1.807) is 0 Å². The Bertz CT molecular complexity index is 876. The Morgan fingerprint density at radius 3 is 2.79 bits per heavy atom. The number of carboxylic acid groups (broad SMARTS) is 1. The molecule has 0 saturated heterocycles. The largest absolute Gasteiger partial charge is 0.481 e. The van der Waals surface area contributed by atoms with E-state index in [1.165, 1.54) is 6.07 Å². The minimum atomic E-state index is -1.06. The van der Waals surface area contributed by atoms with Crippen LogP contribution < -0.4 is 5.32 Å². The average molecular weight is 330 g/mol. The molecule has 0 radical (unpaired) electrons. The quantitative estimate of drug-likeness (QED) is 0.645. The zero-order valence-electron chi connectivity index (χ0n) is 12.7. The second-order valence-electron chi connectivity index (χ2n) is 5.55. The molecule has 0 aliphatic rings. The number of carbonyl (C=O) groups is 1. The number of aromatic nitrogens is 1. The molecule has 3 aromatic rings. The molecule has 1 heterocycles. The van der Waals surface area contributed by atoms with Crippen molar-refractivity contribution in [2.45, 2.75) is 19.0 Å². The maximum Gasteiger partial charge on any atom is 0.305 e. The van der Waals surface area contributed by atoms with Gasteiger partial charge in [-0.15, -0.1) is 0 Å². The van der Waals surface area contributed by atoms with Gasteiger partial charge in [-0.1, -0.05) is 18.2 Å². The van der Waals surface area contributed by atoms with Gasteiger partial charge in [-0.2, -0.15) is 0 Å². The van der Waals surface area contributed by atoms with Crippen LogP contribution in [0.3, 0.4) is 0 Å². The minimum Gasteiger partial charge on any atom is -0.481 e. The summed E-state index contributed by atoms with van der Waals surface area (Å²) in [5, 5.41) is 13.2. The molecule has 0 fully saturated rings. The molecule has 3 rings (SSSR count). The fourth-order valence-electron chi connectivity index (χ4n) is 2.79. The lowest BCUT2D eigenvalue weighted by atomic mass is 10.0. The highest BCUT2D eigenvalue weighted by molar-refractivity contribution is 5.82. The second-order valence-corrected chi connectivity index (χ2v) is 5.55. The summed E-state index contributed by atoms with van der Waals surface area (Å²) in [6, 6.07) is 10.1. The van der Waals surface area contributed by atoms with Crippen molar-refractivity contribution in [3.63, 3.8) is 0 Å². The monoisotopic (exact) mass is 330 g/mol. The van der Waals surface area contributed by atoms with Crippen molar-refractivity contribution in [1.82, 2.24) is 10.3 Å². The van der Waals surface area contributed by atoms with E-state index in [0.717, 1.165) is 28.6 Å². The van der Waals surface area contributed by atoms with Crippen LogP contribution in [0.4, 0.5) is 8.78 Å². The summed E-state index contributed by atoms with van der Waals surface area (Å²) in [7, 11) is 0. The fraction of sp³-hybridized carbons (Fsp3) is 0.167. The van der Waals surface area contributed by atoms with Crippen LogP contribution in [-0.2, 0) is 11.3 Å². The van der Waals surface area contributed by atoms with Gasteiger partial charge in [0.2, 0.25) is 0 Å². The Morgan fingerprint density at radius 1 is 1.21 bits per heavy atom. The molecule has 1 aromatic heterocycles. The summed E-state index contributed by atoms with van der Waals surface area (Å²) in [6.45, 7) is 0.365. The van der Waals surface area contributed by atoms with Crippen LogP contribution in [0, 0.1) is 11.6 Å². The van der Waals surface area contributed by atoms with Gasteiger partial charge in [0.15, 0.2) is 0 Å². The first-order valence-corrected chi connectivity index (χ1v) is 7.49. The molecule has 124 valence electrons. The number of carboxylic acids is 1. The highest BCUT2D eigenvalue weighted by Crippen LogP contribution is 2.23. The Labute approximate surface area is 137 Å². The molecule has 0 aliphatic carbocycles. The maximum absolute atomic E-state index is 14.0. The first-order chi connectivity index (χ1) is 11.5. The number of hydrogen-bond acceptors (Lipinski definition) is 2. The lowest BCUT2D eigenvalue weighted by Gasteiger charge is -2.18. The SMILES string of the molecule is O=C(O)CC(NCc1cccc2[nH]ccc12)c1ccc(F)cc1F. The van der Waals surface area contributed by atoms with Gasteiger partial charge in [0.25, 0.3) is 0 Å². The Hall–Kier alpha value is -2.73. The summed E-state index contributed by atoms with van der Waals surface area (Å²) in [5.74, 6) is -2.51. The van der Waals surface area contributed by atoms with Crippen molar-refractivity contribution in [1.29, 1.82) is 0 Å². The van der Waals surface area contributed by atoms with Crippen LogP contribution in [0.2, 0.25) is 0 Å². The van der Waals surface area contributed by atoms with Crippen LogP contribution in [0.25, 0.3) is 10.9 Å². The van der Waals surface area contributed by atoms with Gasteiger partial charge in [0, 0.05) is 41.3 Å². The van der Waals surface area contributed by atoms with Crippen molar-refractivity contribution in [2.24, 2.45) is 0 Å². The Balaban J connectivity index is 1.84. The minimum absolute atomic E-state index is 0.139. The van der Waals surface area contributed by atoms with Gasteiger partial charge in [-0.05, 0) is 23.8 Å². The molecule has 0 amide bonds. The van der Waals surface area contributed by atoms with Crippen molar-refractivity contribution in [3.8, 4) is 0 Å². The van der Waals surface area contributed by atoms with Crippen molar-refractivity contribution >= 4 is 16.9 Å². The smallest absolute Gasteiger partial charge is 0.305 e. The van der Waals surface area contributed by atoms with Crippen molar-refractivity contribution in [2.75, 3.05) is 0 Å². The number of aromatic amines is 1. The van der Waals surface area contributed by atoms with E-state index in [4.69, 9.17) is 5.11 Å². The van der Waals surface area contributed by atoms with E-state index >= 15 is 0 Å². The van der Waals surface area contributed by atoms with Crippen LogP contribution in [-0.4, -0.2) is 16.1 Å². The fourth-order valence-corrected chi connectivity index (χ4v) is 2.79. The lowest BCUT2D eigenvalue weighted by molar-refractivity contribution is -0.137. The molecule has 0 bridgehead atoms. The maximum atomic E-state index is 14.0. The van der Waals surface area contributed by atoms with E-state index in [0.29, 0.717) is 6.54 Å². The molecule has 6 heteroatoms. The third-order valence-corrected chi connectivity index (χ3v) is 3.94. The topological polar surface area (TPSA) is 65.1 Å². The zero-order valence-corrected chi connectivity index (χ0v) is 12.7. The number of H-pyrrole nitrogens is 1.